The number of carbonyl (C=O) groups is 1. The molecule has 3 aromatic carbocycles. The van der Waals surface area contributed by atoms with Crippen LogP contribution in [0, 0.1) is 5.82 Å². The van der Waals surface area contributed by atoms with Crippen molar-refractivity contribution in [3.63, 3.8) is 0 Å². The summed E-state index contributed by atoms with van der Waals surface area (Å²) in [5.74, 6) is -0.672. The first-order valence-electron chi connectivity index (χ1n) is 13.2. The highest BCUT2D eigenvalue weighted by Crippen LogP contribution is 2.43. The van der Waals surface area contributed by atoms with Gasteiger partial charge in [0.1, 0.15) is 17.7 Å². The predicted octanol–water partition coefficient (Wildman–Crippen LogP) is 8.15. The minimum atomic E-state index is -5.11. The number of methoxy groups -OCH3 is 1. The van der Waals surface area contributed by atoms with Crippen LogP contribution in [-0.4, -0.2) is 38.8 Å². The van der Waals surface area contributed by atoms with Gasteiger partial charge in [-0.2, -0.15) is 26.3 Å². The van der Waals surface area contributed by atoms with Crippen molar-refractivity contribution >= 4 is 15.9 Å². The maximum Gasteiger partial charge on any atom is 0.416 e. The Labute approximate surface area is 249 Å². The Kier molecular flexibility index (Phi) is 8.73. The fourth-order valence-electron chi connectivity index (χ4n) is 5.07. The molecule has 4 rings (SSSR count). The zero-order chi connectivity index (χ0) is 32.9. The van der Waals surface area contributed by atoms with Gasteiger partial charge < -0.3 is 9.47 Å². The molecule has 1 unspecified atom stereocenters. The van der Waals surface area contributed by atoms with Gasteiger partial charge in [-0.15, -0.1) is 0 Å². The molecule has 3 aromatic rings. The number of amides is 1. The molecule has 238 valence electrons. The average molecular weight is 648 g/mol. The van der Waals surface area contributed by atoms with E-state index in [-0.39, 0.29) is 34.7 Å². The van der Waals surface area contributed by atoms with E-state index in [1.165, 1.54) is 44.4 Å². The number of benzene rings is 3. The molecule has 0 saturated carbocycles. The summed E-state index contributed by atoms with van der Waals surface area (Å²) < 4.78 is 131. The summed E-state index contributed by atoms with van der Waals surface area (Å²) in [6.45, 7) is 4.57. The zero-order valence-corrected chi connectivity index (χ0v) is 24.9. The first-order valence-corrected chi connectivity index (χ1v) is 15.1. The lowest BCUT2D eigenvalue weighted by atomic mass is 9.93. The quantitative estimate of drug-likeness (QED) is 0.242. The van der Waals surface area contributed by atoms with Crippen molar-refractivity contribution in [3.05, 3.63) is 82.2 Å². The summed E-state index contributed by atoms with van der Waals surface area (Å²) in [5, 5.41) is 0. The Morgan fingerprint density at radius 3 is 2.02 bits per heavy atom. The number of cyclic esters (lactones) is 1. The Morgan fingerprint density at radius 2 is 1.52 bits per heavy atom. The van der Waals surface area contributed by atoms with E-state index in [2.05, 4.69) is 0 Å². The van der Waals surface area contributed by atoms with Gasteiger partial charge in [-0.25, -0.2) is 17.6 Å². The third kappa shape index (κ3) is 6.64. The standard InChI is InChI=1S/C30H28F7NO5S/c1-15(2)23-12-24(26(42-4)13-25(23)31)22-7-6-21(44(5,40)41)10-18(22)14-38-16(3)27(43-28(38)39)17-8-19(29(32,33)34)11-20(9-17)30(35,36)37/h6-13,15-16,27H,14H2,1-5H3/t16-,27?/m0/s1. The van der Waals surface area contributed by atoms with Crippen molar-refractivity contribution in [1.82, 2.24) is 4.90 Å². The van der Waals surface area contributed by atoms with Gasteiger partial charge in [-0.3, -0.25) is 4.90 Å². The summed E-state index contributed by atoms with van der Waals surface area (Å²) in [4.78, 5) is 14.0. The maximum atomic E-state index is 14.8. The molecule has 44 heavy (non-hydrogen) atoms. The summed E-state index contributed by atoms with van der Waals surface area (Å²) >= 11 is 0. The van der Waals surface area contributed by atoms with E-state index in [0.717, 1.165) is 11.2 Å². The van der Waals surface area contributed by atoms with E-state index in [4.69, 9.17) is 9.47 Å². The van der Waals surface area contributed by atoms with Crippen molar-refractivity contribution in [1.29, 1.82) is 0 Å². The highest BCUT2D eigenvalue weighted by molar-refractivity contribution is 7.90. The fraction of sp³-hybridized carbons (Fsp3) is 0.367. The Balaban J connectivity index is 1.82. The fourth-order valence-corrected chi connectivity index (χ4v) is 5.75. The monoisotopic (exact) mass is 647 g/mol. The lowest BCUT2D eigenvalue weighted by Gasteiger charge is -2.24. The lowest BCUT2D eigenvalue weighted by molar-refractivity contribution is -0.143. The van der Waals surface area contributed by atoms with Crippen molar-refractivity contribution < 1.29 is 53.4 Å². The van der Waals surface area contributed by atoms with Crippen LogP contribution in [0.4, 0.5) is 35.5 Å². The van der Waals surface area contributed by atoms with Gasteiger partial charge in [0.25, 0.3) is 0 Å². The molecule has 1 heterocycles. The molecule has 14 heteroatoms. The van der Waals surface area contributed by atoms with Gasteiger partial charge in [-0.05, 0) is 71.5 Å². The van der Waals surface area contributed by atoms with Crippen LogP contribution in [0.15, 0.2) is 53.4 Å². The van der Waals surface area contributed by atoms with Crippen LogP contribution in [0.5, 0.6) is 5.75 Å². The first kappa shape index (κ1) is 33.1. The topological polar surface area (TPSA) is 72.9 Å². The zero-order valence-electron chi connectivity index (χ0n) is 24.1. The number of hydrogen-bond donors (Lipinski definition) is 0. The lowest BCUT2D eigenvalue weighted by Crippen LogP contribution is -2.31. The number of carbonyl (C=O) groups excluding carboxylic acids is 1. The molecule has 2 atom stereocenters. The van der Waals surface area contributed by atoms with E-state index < -0.39 is 62.9 Å². The molecule has 0 aliphatic carbocycles. The van der Waals surface area contributed by atoms with Crippen LogP contribution in [-0.2, 0) is 33.5 Å². The minimum absolute atomic E-state index is 0.0207. The molecule has 0 N–H and O–H groups in total. The van der Waals surface area contributed by atoms with E-state index in [1.807, 2.05) is 0 Å². The Hall–Kier alpha value is -3.81. The normalized spacial score (nSPS) is 17.8. The highest BCUT2D eigenvalue weighted by Gasteiger charge is 2.43. The number of sulfone groups is 1. The van der Waals surface area contributed by atoms with Gasteiger partial charge in [0, 0.05) is 17.9 Å². The second-order valence-corrected chi connectivity index (χ2v) is 12.8. The van der Waals surface area contributed by atoms with Gasteiger partial charge in [0.15, 0.2) is 9.84 Å². The summed E-state index contributed by atoms with van der Waals surface area (Å²) in [6.07, 6.45) is -11.8. The third-order valence-corrected chi connectivity index (χ3v) is 8.52. The van der Waals surface area contributed by atoms with Gasteiger partial charge in [-0.1, -0.05) is 19.9 Å². The molecule has 1 aliphatic heterocycles. The molecule has 0 bridgehead atoms. The van der Waals surface area contributed by atoms with E-state index in [9.17, 15) is 43.9 Å². The predicted molar refractivity (Wildman–Crippen MR) is 146 cm³/mol. The molecule has 0 spiro atoms. The van der Waals surface area contributed by atoms with Crippen molar-refractivity contribution in [3.8, 4) is 16.9 Å². The molecule has 6 nitrogen and oxygen atoms in total. The SMILES string of the molecule is COc1cc(F)c(C(C)C)cc1-c1ccc(S(C)(=O)=O)cc1CN1C(=O)OC(c2cc(C(F)(F)F)cc(C(F)(F)F)c2)[C@@H]1C. The molecule has 1 amide bonds. The smallest absolute Gasteiger partial charge is 0.416 e. The molecule has 0 radical (unpaired) electrons. The Bertz CT molecular complexity index is 1670. The number of rotatable bonds is 7. The van der Waals surface area contributed by atoms with Crippen LogP contribution in [0.2, 0.25) is 0 Å². The second-order valence-electron chi connectivity index (χ2n) is 10.8. The molecule has 1 saturated heterocycles. The molecule has 1 fully saturated rings. The van der Waals surface area contributed by atoms with Crippen molar-refractivity contribution in [2.24, 2.45) is 0 Å². The number of hydrogen-bond acceptors (Lipinski definition) is 5. The van der Waals surface area contributed by atoms with E-state index >= 15 is 0 Å². The van der Waals surface area contributed by atoms with E-state index in [1.54, 1.807) is 13.8 Å². The maximum absolute atomic E-state index is 14.8. The van der Waals surface area contributed by atoms with Gasteiger partial charge in [0.2, 0.25) is 0 Å². The molecule has 1 aliphatic rings. The third-order valence-electron chi connectivity index (χ3n) is 7.41. The van der Waals surface area contributed by atoms with Crippen LogP contribution in [0.3, 0.4) is 0 Å². The number of nitrogens with zero attached hydrogens (tertiary/aromatic N) is 1. The Morgan fingerprint density at radius 1 is 0.932 bits per heavy atom. The first-order chi connectivity index (χ1) is 20.2. The molecular formula is C30H28F7NO5S. The van der Waals surface area contributed by atoms with Crippen LogP contribution < -0.4 is 4.74 Å². The van der Waals surface area contributed by atoms with Gasteiger partial charge >= 0.3 is 18.4 Å². The molecule has 0 aromatic heterocycles. The average Bonchev–Trinajstić information content (AvgIpc) is 3.19. The largest absolute Gasteiger partial charge is 0.496 e. The van der Waals surface area contributed by atoms with Crippen molar-refractivity contribution in [2.75, 3.05) is 13.4 Å². The summed E-state index contributed by atoms with van der Waals surface area (Å²) in [6, 6.07) is 6.68. The van der Waals surface area contributed by atoms with Crippen LogP contribution in [0.1, 0.15) is 60.6 Å². The number of alkyl halides is 6. The minimum Gasteiger partial charge on any atom is -0.496 e. The second kappa shape index (κ2) is 11.6. The highest BCUT2D eigenvalue weighted by atomic mass is 32.2. The van der Waals surface area contributed by atoms with Crippen molar-refractivity contribution in [2.45, 2.75) is 62.6 Å². The van der Waals surface area contributed by atoms with Gasteiger partial charge in [0.05, 0.1) is 35.7 Å². The number of halogens is 7. The summed E-state index contributed by atoms with van der Waals surface area (Å²) in [7, 11) is -2.45. The number of ether oxygens (including phenoxy) is 2. The molecular weight excluding hydrogens is 619 g/mol. The van der Waals surface area contributed by atoms with Crippen LogP contribution in [0.25, 0.3) is 11.1 Å². The van der Waals surface area contributed by atoms with E-state index in [0.29, 0.717) is 28.8 Å². The van der Waals surface area contributed by atoms with Crippen LogP contribution >= 0.6 is 0 Å². The summed E-state index contributed by atoms with van der Waals surface area (Å²) in [5.41, 5.74) is -2.33.